The van der Waals surface area contributed by atoms with E-state index in [-0.39, 0.29) is 6.09 Å². The van der Waals surface area contributed by atoms with Crippen LogP contribution >= 0.6 is 0 Å². The molecule has 1 aromatic rings. The van der Waals surface area contributed by atoms with E-state index in [4.69, 9.17) is 10.5 Å². The average molecular weight is 332 g/mol. The summed E-state index contributed by atoms with van der Waals surface area (Å²) in [6.45, 7) is 10.8. The Morgan fingerprint density at radius 2 is 1.75 bits per heavy atom. The first-order valence-electron chi connectivity index (χ1n) is 8.33. The maximum Gasteiger partial charge on any atom is 0.410 e. The highest BCUT2D eigenvalue weighted by atomic mass is 16.6. The molecular formula is C18H28N4O2. The zero-order valence-corrected chi connectivity index (χ0v) is 15.1. The number of nitrogens with two attached hydrogens (primary N) is 1. The summed E-state index contributed by atoms with van der Waals surface area (Å²) in [5.41, 5.74) is 8.03. The Morgan fingerprint density at radius 3 is 2.33 bits per heavy atom. The van der Waals surface area contributed by atoms with Gasteiger partial charge in [0.1, 0.15) is 5.60 Å². The van der Waals surface area contributed by atoms with Crippen LogP contribution in [0.4, 0.5) is 4.79 Å². The van der Waals surface area contributed by atoms with Gasteiger partial charge in [-0.05, 0) is 38.8 Å². The summed E-state index contributed by atoms with van der Waals surface area (Å²) in [5, 5.41) is 0. The summed E-state index contributed by atoms with van der Waals surface area (Å²) >= 11 is 0. The number of guanidine groups is 1. The van der Waals surface area contributed by atoms with Gasteiger partial charge in [0.15, 0.2) is 5.96 Å². The standard InChI is InChI=1S/C18H28N4O2/c1-14-7-5-6-8-15(14)13-20-16(19)21-9-11-22(12-10-21)17(23)24-18(2,3)4/h5-8H,9-13H2,1-4H3,(H2,19,20). The van der Waals surface area contributed by atoms with Crippen molar-refractivity contribution in [3.05, 3.63) is 35.4 Å². The minimum Gasteiger partial charge on any atom is -0.444 e. The second-order valence-corrected chi connectivity index (χ2v) is 7.06. The van der Waals surface area contributed by atoms with Crippen LogP contribution in [0, 0.1) is 6.92 Å². The van der Waals surface area contributed by atoms with Gasteiger partial charge in [-0.25, -0.2) is 9.79 Å². The molecule has 1 aliphatic heterocycles. The van der Waals surface area contributed by atoms with E-state index in [9.17, 15) is 4.79 Å². The predicted molar refractivity (Wildman–Crippen MR) is 95.9 cm³/mol. The van der Waals surface area contributed by atoms with Crippen molar-refractivity contribution in [2.75, 3.05) is 26.2 Å². The van der Waals surface area contributed by atoms with E-state index in [0.29, 0.717) is 38.7 Å². The molecule has 0 aliphatic carbocycles. The molecular weight excluding hydrogens is 304 g/mol. The second-order valence-electron chi connectivity index (χ2n) is 7.06. The van der Waals surface area contributed by atoms with E-state index < -0.39 is 5.60 Å². The van der Waals surface area contributed by atoms with Crippen molar-refractivity contribution in [3.8, 4) is 0 Å². The molecule has 132 valence electrons. The molecule has 24 heavy (non-hydrogen) atoms. The topological polar surface area (TPSA) is 71.2 Å². The maximum absolute atomic E-state index is 12.1. The van der Waals surface area contributed by atoms with Crippen LogP contribution in [-0.2, 0) is 11.3 Å². The van der Waals surface area contributed by atoms with Crippen molar-refractivity contribution in [1.82, 2.24) is 9.80 Å². The Kier molecular flexibility index (Phi) is 5.70. The third-order valence-electron chi connectivity index (χ3n) is 3.93. The smallest absolute Gasteiger partial charge is 0.410 e. The summed E-state index contributed by atoms with van der Waals surface area (Å²) in [6, 6.07) is 8.16. The fourth-order valence-electron chi connectivity index (χ4n) is 2.50. The number of ether oxygens (including phenoxy) is 1. The molecule has 2 N–H and O–H groups in total. The number of aliphatic imine (C=N–C) groups is 1. The molecule has 1 saturated heterocycles. The van der Waals surface area contributed by atoms with Gasteiger partial charge in [0, 0.05) is 26.2 Å². The fourth-order valence-corrected chi connectivity index (χ4v) is 2.50. The third-order valence-corrected chi connectivity index (χ3v) is 3.93. The molecule has 1 heterocycles. The van der Waals surface area contributed by atoms with E-state index in [1.54, 1.807) is 4.90 Å². The first-order valence-corrected chi connectivity index (χ1v) is 8.33. The molecule has 1 fully saturated rings. The molecule has 1 aliphatic rings. The molecule has 2 rings (SSSR count). The van der Waals surface area contributed by atoms with Crippen LogP contribution in [0.15, 0.2) is 29.3 Å². The molecule has 6 nitrogen and oxygen atoms in total. The Morgan fingerprint density at radius 1 is 1.17 bits per heavy atom. The van der Waals surface area contributed by atoms with Crippen molar-refractivity contribution < 1.29 is 9.53 Å². The summed E-state index contributed by atoms with van der Waals surface area (Å²) in [4.78, 5) is 20.3. The zero-order valence-electron chi connectivity index (χ0n) is 15.1. The molecule has 1 aromatic carbocycles. The van der Waals surface area contributed by atoms with Crippen molar-refractivity contribution in [2.45, 2.75) is 39.8 Å². The summed E-state index contributed by atoms with van der Waals surface area (Å²) in [6.07, 6.45) is -0.266. The monoisotopic (exact) mass is 332 g/mol. The normalized spacial score (nSPS) is 16.2. The Labute approximate surface area is 144 Å². The number of rotatable bonds is 2. The lowest BCUT2D eigenvalue weighted by molar-refractivity contribution is 0.0186. The molecule has 0 radical (unpaired) electrons. The Balaban J connectivity index is 1.86. The van der Waals surface area contributed by atoms with Gasteiger partial charge in [0.25, 0.3) is 0 Å². The Hall–Kier alpha value is -2.24. The summed E-state index contributed by atoms with van der Waals surface area (Å²) < 4.78 is 5.40. The molecule has 6 heteroatoms. The van der Waals surface area contributed by atoms with Gasteiger partial charge in [-0.15, -0.1) is 0 Å². The predicted octanol–water partition coefficient (Wildman–Crippen LogP) is 2.36. The highest BCUT2D eigenvalue weighted by Crippen LogP contribution is 2.12. The number of piperazine rings is 1. The van der Waals surface area contributed by atoms with E-state index in [2.05, 4.69) is 24.0 Å². The highest BCUT2D eigenvalue weighted by Gasteiger charge is 2.26. The van der Waals surface area contributed by atoms with Crippen LogP contribution in [0.2, 0.25) is 0 Å². The van der Waals surface area contributed by atoms with Gasteiger partial charge in [-0.3, -0.25) is 0 Å². The molecule has 0 bridgehead atoms. The van der Waals surface area contributed by atoms with Crippen LogP contribution in [0.1, 0.15) is 31.9 Å². The number of amides is 1. The number of aryl methyl sites for hydroxylation is 1. The summed E-state index contributed by atoms with van der Waals surface area (Å²) in [5.74, 6) is 0.530. The van der Waals surface area contributed by atoms with Crippen molar-refractivity contribution in [1.29, 1.82) is 0 Å². The molecule has 0 atom stereocenters. The third kappa shape index (κ3) is 5.15. The van der Waals surface area contributed by atoms with Crippen molar-refractivity contribution in [3.63, 3.8) is 0 Å². The van der Waals surface area contributed by atoms with Crippen LogP contribution in [0.3, 0.4) is 0 Å². The number of hydrogen-bond donors (Lipinski definition) is 1. The lowest BCUT2D eigenvalue weighted by Gasteiger charge is -2.36. The van der Waals surface area contributed by atoms with Gasteiger partial charge in [-0.1, -0.05) is 24.3 Å². The average Bonchev–Trinajstić information content (AvgIpc) is 2.52. The number of hydrogen-bond acceptors (Lipinski definition) is 3. The SMILES string of the molecule is Cc1ccccc1CN=C(N)N1CCN(C(=O)OC(C)(C)C)CC1. The summed E-state index contributed by atoms with van der Waals surface area (Å²) in [7, 11) is 0. The first-order chi connectivity index (χ1) is 11.3. The van der Waals surface area contributed by atoms with E-state index in [0.717, 1.165) is 0 Å². The maximum atomic E-state index is 12.1. The fraction of sp³-hybridized carbons (Fsp3) is 0.556. The van der Waals surface area contributed by atoms with Crippen LogP contribution in [0.5, 0.6) is 0 Å². The van der Waals surface area contributed by atoms with Gasteiger partial charge in [0.05, 0.1) is 6.54 Å². The van der Waals surface area contributed by atoms with Crippen LogP contribution in [-0.4, -0.2) is 53.6 Å². The number of benzene rings is 1. The molecule has 0 unspecified atom stereocenters. The van der Waals surface area contributed by atoms with Gasteiger partial charge in [0.2, 0.25) is 0 Å². The number of carbonyl (C=O) groups is 1. The van der Waals surface area contributed by atoms with Gasteiger partial charge in [-0.2, -0.15) is 0 Å². The molecule has 1 amide bonds. The lowest BCUT2D eigenvalue weighted by atomic mass is 10.1. The van der Waals surface area contributed by atoms with E-state index >= 15 is 0 Å². The van der Waals surface area contributed by atoms with Crippen molar-refractivity contribution >= 4 is 12.1 Å². The number of nitrogens with zero attached hydrogens (tertiary/aromatic N) is 3. The van der Waals surface area contributed by atoms with Gasteiger partial charge < -0.3 is 20.3 Å². The minimum absolute atomic E-state index is 0.266. The quantitative estimate of drug-likeness (QED) is 0.667. The zero-order chi connectivity index (χ0) is 17.7. The van der Waals surface area contributed by atoms with Crippen LogP contribution < -0.4 is 5.73 Å². The van der Waals surface area contributed by atoms with E-state index in [1.165, 1.54) is 11.1 Å². The number of carbonyl (C=O) groups excluding carboxylic acids is 1. The largest absolute Gasteiger partial charge is 0.444 e. The lowest BCUT2D eigenvalue weighted by Crippen LogP contribution is -2.53. The second kappa shape index (κ2) is 7.55. The van der Waals surface area contributed by atoms with Crippen molar-refractivity contribution in [2.24, 2.45) is 10.7 Å². The molecule has 0 saturated carbocycles. The molecule has 0 spiro atoms. The highest BCUT2D eigenvalue weighted by molar-refractivity contribution is 5.78. The van der Waals surface area contributed by atoms with E-state index in [1.807, 2.05) is 37.8 Å². The Bertz CT molecular complexity index is 599. The minimum atomic E-state index is -0.470. The first kappa shape index (κ1) is 18.1. The van der Waals surface area contributed by atoms with Gasteiger partial charge >= 0.3 is 6.09 Å². The van der Waals surface area contributed by atoms with Crippen LogP contribution in [0.25, 0.3) is 0 Å². The molecule has 0 aromatic heterocycles.